The summed E-state index contributed by atoms with van der Waals surface area (Å²) < 4.78 is 32.7. The van der Waals surface area contributed by atoms with E-state index < -0.39 is 15.4 Å². The van der Waals surface area contributed by atoms with Gasteiger partial charge in [0.05, 0.1) is 6.10 Å². The predicted molar refractivity (Wildman–Crippen MR) is 104 cm³/mol. The molecule has 1 heterocycles. The molecule has 10 heteroatoms. The number of aromatic nitrogens is 2. The smallest absolute Gasteiger partial charge is 0.270 e. The summed E-state index contributed by atoms with van der Waals surface area (Å²) in [5, 5.41) is 10.1. The molecular formula is C17H24N4O4S2. The molecule has 148 valence electrons. The van der Waals surface area contributed by atoms with Crippen LogP contribution in [0.2, 0.25) is 0 Å². The van der Waals surface area contributed by atoms with Gasteiger partial charge in [-0.05, 0) is 31.5 Å². The number of carbonyl (C=O) groups excluding carboxylic acids is 1. The zero-order chi connectivity index (χ0) is 20.2. The molecule has 0 bridgehead atoms. The number of carbonyl (C=O) groups is 1. The summed E-state index contributed by atoms with van der Waals surface area (Å²) in [5.41, 5.74) is 0.133. The fourth-order valence-corrected chi connectivity index (χ4v) is 3.85. The highest BCUT2D eigenvalue weighted by Gasteiger charge is 2.25. The first kappa shape index (κ1) is 21.3. The van der Waals surface area contributed by atoms with Crippen LogP contribution in [0.1, 0.15) is 40.2 Å². The maximum absolute atomic E-state index is 12.4. The zero-order valence-corrected chi connectivity index (χ0v) is 17.6. The molecule has 2 rings (SSSR count). The van der Waals surface area contributed by atoms with Crippen molar-refractivity contribution >= 4 is 32.4 Å². The standard InChI is InChI=1S/C17H24N4O4S2/c1-11(2)25-13-8-6-7-12(9-13)10-18-27(23,24)16-21-20-15(26-16)19-14(22)17(3,4)5/h6-9,11,18H,10H2,1-5H3,(H,19,20,22). The third kappa shape index (κ3) is 6.26. The van der Waals surface area contributed by atoms with Gasteiger partial charge in [-0.2, -0.15) is 0 Å². The van der Waals surface area contributed by atoms with Gasteiger partial charge in [0.15, 0.2) is 0 Å². The Morgan fingerprint density at radius 2 is 1.96 bits per heavy atom. The average molecular weight is 413 g/mol. The monoisotopic (exact) mass is 412 g/mol. The van der Waals surface area contributed by atoms with Crippen molar-refractivity contribution in [3.63, 3.8) is 0 Å². The Morgan fingerprint density at radius 3 is 2.59 bits per heavy atom. The number of hydrogen-bond acceptors (Lipinski definition) is 7. The van der Waals surface area contributed by atoms with Crippen molar-refractivity contribution in [3.05, 3.63) is 29.8 Å². The number of sulfonamides is 1. The topological polar surface area (TPSA) is 110 Å². The number of nitrogens with one attached hydrogen (secondary N) is 2. The van der Waals surface area contributed by atoms with Crippen molar-refractivity contribution < 1.29 is 17.9 Å². The quantitative estimate of drug-likeness (QED) is 0.677. The summed E-state index contributed by atoms with van der Waals surface area (Å²) in [6, 6.07) is 7.18. The minimum atomic E-state index is -3.84. The Kier molecular flexibility index (Phi) is 6.55. The number of ether oxygens (including phenoxy) is 1. The molecule has 2 N–H and O–H groups in total. The molecule has 0 radical (unpaired) electrons. The summed E-state index contributed by atoms with van der Waals surface area (Å²) in [4.78, 5) is 12.0. The van der Waals surface area contributed by atoms with Crippen molar-refractivity contribution in [2.24, 2.45) is 5.41 Å². The van der Waals surface area contributed by atoms with Crippen LogP contribution < -0.4 is 14.8 Å². The van der Waals surface area contributed by atoms with E-state index >= 15 is 0 Å². The molecule has 1 aromatic heterocycles. The number of benzene rings is 1. The van der Waals surface area contributed by atoms with Crippen LogP contribution in [0.15, 0.2) is 28.6 Å². The van der Waals surface area contributed by atoms with E-state index in [0.717, 1.165) is 16.9 Å². The summed E-state index contributed by atoms with van der Waals surface area (Å²) in [7, 11) is -3.84. The molecule has 2 aromatic rings. The van der Waals surface area contributed by atoms with Crippen LogP contribution in [0.25, 0.3) is 0 Å². The lowest BCUT2D eigenvalue weighted by atomic mass is 9.96. The van der Waals surface area contributed by atoms with Crippen LogP contribution in [-0.2, 0) is 21.4 Å². The van der Waals surface area contributed by atoms with Crippen molar-refractivity contribution in [1.82, 2.24) is 14.9 Å². The maximum atomic E-state index is 12.4. The van der Waals surface area contributed by atoms with Crippen LogP contribution in [0, 0.1) is 5.41 Å². The molecule has 0 unspecified atom stereocenters. The molecule has 8 nitrogen and oxygen atoms in total. The van der Waals surface area contributed by atoms with Crippen molar-refractivity contribution in [1.29, 1.82) is 0 Å². The molecule has 1 aromatic carbocycles. The number of nitrogens with zero attached hydrogens (tertiary/aromatic N) is 2. The molecule has 1 amide bonds. The highest BCUT2D eigenvalue weighted by atomic mass is 32.2. The molecule has 0 saturated carbocycles. The average Bonchev–Trinajstić information content (AvgIpc) is 3.01. The summed E-state index contributed by atoms with van der Waals surface area (Å²) in [6.45, 7) is 9.17. The highest BCUT2D eigenvalue weighted by Crippen LogP contribution is 2.23. The summed E-state index contributed by atoms with van der Waals surface area (Å²) in [5.74, 6) is 0.405. The lowest BCUT2D eigenvalue weighted by Gasteiger charge is -2.15. The molecule has 0 spiro atoms. The first-order valence-corrected chi connectivity index (χ1v) is 10.7. The Hall–Kier alpha value is -2.04. The van der Waals surface area contributed by atoms with E-state index in [1.165, 1.54) is 0 Å². The maximum Gasteiger partial charge on any atom is 0.270 e. The van der Waals surface area contributed by atoms with E-state index in [1.807, 2.05) is 19.9 Å². The van der Waals surface area contributed by atoms with E-state index in [9.17, 15) is 13.2 Å². The van der Waals surface area contributed by atoms with Crippen molar-refractivity contribution in [2.75, 3.05) is 5.32 Å². The van der Waals surface area contributed by atoms with Crippen LogP contribution in [-0.4, -0.2) is 30.6 Å². The zero-order valence-electron chi connectivity index (χ0n) is 15.9. The number of hydrogen-bond donors (Lipinski definition) is 2. The van der Waals surface area contributed by atoms with Gasteiger partial charge in [0.1, 0.15) is 5.75 Å². The number of amides is 1. The van der Waals surface area contributed by atoms with Gasteiger partial charge in [-0.15, -0.1) is 10.2 Å². The SMILES string of the molecule is CC(C)Oc1cccc(CNS(=O)(=O)c2nnc(NC(=O)C(C)(C)C)s2)c1. The molecule has 0 aliphatic heterocycles. The third-order valence-corrected chi connectivity index (χ3v) is 5.88. The number of rotatable bonds is 7. The first-order chi connectivity index (χ1) is 12.5. The molecule has 0 aliphatic rings. The fourth-order valence-electron chi connectivity index (χ4n) is 1.89. The van der Waals surface area contributed by atoms with E-state index in [0.29, 0.717) is 5.75 Å². The number of anilines is 1. The van der Waals surface area contributed by atoms with Gasteiger partial charge in [-0.3, -0.25) is 4.79 Å². The third-order valence-electron chi connectivity index (χ3n) is 3.27. The largest absolute Gasteiger partial charge is 0.491 e. The highest BCUT2D eigenvalue weighted by molar-refractivity contribution is 7.91. The minimum absolute atomic E-state index is 0.0278. The lowest BCUT2D eigenvalue weighted by Crippen LogP contribution is -2.27. The van der Waals surface area contributed by atoms with Crippen LogP contribution in [0.4, 0.5) is 5.13 Å². The van der Waals surface area contributed by atoms with Gasteiger partial charge in [-0.1, -0.05) is 44.2 Å². The summed E-state index contributed by atoms with van der Waals surface area (Å²) in [6.07, 6.45) is 0.0278. The van der Waals surface area contributed by atoms with Gasteiger partial charge in [0, 0.05) is 12.0 Å². The van der Waals surface area contributed by atoms with Crippen LogP contribution in [0.5, 0.6) is 5.75 Å². The van der Waals surface area contributed by atoms with Gasteiger partial charge in [0.25, 0.3) is 10.0 Å². The van der Waals surface area contributed by atoms with Gasteiger partial charge in [-0.25, -0.2) is 13.1 Å². The van der Waals surface area contributed by atoms with Crippen molar-refractivity contribution in [3.8, 4) is 5.75 Å². The van der Waals surface area contributed by atoms with Gasteiger partial charge >= 0.3 is 0 Å². The molecule has 0 atom stereocenters. The Morgan fingerprint density at radius 1 is 1.26 bits per heavy atom. The molecule has 0 aliphatic carbocycles. The van der Waals surface area contributed by atoms with E-state index in [2.05, 4.69) is 20.2 Å². The summed E-state index contributed by atoms with van der Waals surface area (Å²) >= 11 is 0.802. The Balaban J connectivity index is 2.04. The minimum Gasteiger partial charge on any atom is -0.491 e. The molecule has 27 heavy (non-hydrogen) atoms. The second kappa shape index (κ2) is 8.32. The van der Waals surface area contributed by atoms with E-state index in [4.69, 9.17) is 4.74 Å². The fraction of sp³-hybridized carbons (Fsp3) is 0.471. The second-order valence-electron chi connectivity index (χ2n) is 7.22. The van der Waals surface area contributed by atoms with E-state index in [1.54, 1.807) is 39.0 Å². The van der Waals surface area contributed by atoms with Crippen molar-refractivity contribution in [2.45, 2.75) is 51.6 Å². The normalized spacial score (nSPS) is 12.2. The van der Waals surface area contributed by atoms with Gasteiger partial charge < -0.3 is 10.1 Å². The second-order valence-corrected chi connectivity index (χ2v) is 10.1. The molecular weight excluding hydrogens is 388 g/mol. The predicted octanol–water partition coefficient (Wildman–Crippen LogP) is 2.79. The Bertz CT molecular complexity index is 902. The van der Waals surface area contributed by atoms with Crippen LogP contribution in [0.3, 0.4) is 0 Å². The molecule has 0 fully saturated rings. The molecule has 0 saturated heterocycles. The van der Waals surface area contributed by atoms with Gasteiger partial charge in [0.2, 0.25) is 15.4 Å². The van der Waals surface area contributed by atoms with Crippen LogP contribution >= 0.6 is 11.3 Å². The van der Waals surface area contributed by atoms with E-state index in [-0.39, 0.29) is 28.0 Å². The lowest BCUT2D eigenvalue weighted by molar-refractivity contribution is -0.123. The Labute approximate surface area is 163 Å². The first-order valence-electron chi connectivity index (χ1n) is 8.37.